The standard InChI is InChI=1S/C16H15Cl2NO4S/c1-11(19-24(21,22)13-5-3-2-4-6-13)16(20)23-10-12-7-8-14(17)15(18)9-12/h2-9,11,19H,10H2,1H3/t11-/m0/s1. The number of rotatable bonds is 6. The van der Waals surface area contributed by atoms with E-state index >= 15 is 0 Å². The summed E-state index contributed by atoms with van der Waals surface area (Å²) in [5.41, 5.74) is 0.649. The highest BCUT2D eigenvalue weighted by molar-refractivity contribution is 7.89. The zero-order valence-corrected chi connectivity index (χ0v) is 15.0. The highest BCUT2D eigenvalue weighted by Gasteiger charge is 2.23. The maximum absolute atomic E-state index is 12.2. The second kappa shape index (κ2) is 7.98. The Balaban J connectivity index is 1.96. The largest absolute Gasteiger partial charge is 0.460 e. The van der Waals surface area contributed by atoms with E-state index in [0.717, 1.165) is 0 Å². The number of ether oxygens (including phenoxy) is 1. The summed E-state index contributed by atoms with van der Waals surface area (Å²) in [6, 6.07) is 11.6. The van der Waals surface area contributed by atoms with Crippen molar-refractivity contribution >= 4 is 39.2 Å². The lowest BCUT2D eigenvalue weighted by Gasteiger charge is -2.14. The number of nitrogens with one attached hydrogen (secondary N) is 1. The van der Waals surface area contributed by atoms with Crippen molar-refractivity contribution in [3.05, 3.63) is 64.1 Å². The maximum Gasteiger partial charge on any atom is 0.324 e. The van der Waals surface area contributed by atoms with Gasteiger partial charge in [-0.2, -0.15) is 4.72 Å². The molecule has 0 bridgehead atoms. The summed E-state index contributed by atoms with van der Waals surface area (Å²) >= 11 is 11.7. The SMILES string of the molecule is C[C@H](NS(=O)(=O)c1ccccc1)C(=O)OCc1ccc(Cl)c(Cl)c1. The molecule has 0 saturated carbocycles. The molecule has 2 aromatic carbocycles. The molecule has 128 valence electrons. The molecule has 24 heavy (non-hydrogen) atoms. The second-order valence-corrected chi connectivity index (χ2v) is 7.54. The van der Waals surface area contributed by atoms with Gasteiger partial charge in [0.1, 0.15) is 12.6 Å². The third kappa shape index (κ3) is 4.95. The number of hydrogen-bond donors (Lipinski definition) is 1. The van der Waals surface area contributed by atoms with Crippen LogP contribution in [0.2, 0.25) is 10.0 Å². The fourth-order valence-electron chi connectivity index (χ4n) is 1.86. The van der Waals surface area contributed by atoms with Crippen LogP contribution in [0.25, 0.3) is 0 Å². The van der Waals surface area contributed by atoms with Crippen LogP contribution in [-0.4, -0.2) is 20.4 Å². The highest BCUT2D eigenvalue weighted by atomic mass is 35.5. The molecule has 1 atom stereocenters. The van der Waals surface area contributed by atoms with Gasteiger partial charge in [-0.3, -0.25) is 4.79 Å². The number of sulfonamides is 1. The van der Waals surface area contributed by atoms with E-state index in [4.69, 9.17) is 27.9 Å². The van der Waals surface area contributed by atoms with Crippen LogP contribution in [0.5, 0.6) is 0 Å². The maximum atomic E-state index is 12.2. The summed E-state index contributed by atoms with van der Waals surface area (Å²) in [5.74, 6) is -0.694. The van der Waals surface area contributed by atoms with E-state index in [0.29, 0.717) is 15.6 Å². The monoisotopic (exact) mass is 387 g/mol. The van der Waals surface area contributed by atoms with Crippen molar-refractivity contribution in [3.63, 3.8) is 0 Å². The minimum atomic E-state index is -3.79. The number of carbonyl (C=O) groups is 1. The third-order valence-electron chi connectivity index (χ3n) is 3.10. The molecule has 0 aliphatic carbocycles. The van der Waals surface area contributed by atoms with Crippen LogP contribution in [-0.2, 0) is 26.2 Å². The van der Waals surface area contributed by atoms with Gasteiger partial charge in [0, 0.05) is 0 Å². The van der Waals surface area contributed by atoms with Crippen LogP contribution in [0, 0.1) is 0 Å². The molecule has 0 radical (unpaired) electrons. The summed E-state index contributed by atoms with van der Waals surface area (Å²) in [6.07, 6.45) is 0. The van der Waals surface area contributed by atoms with E-state index in [2.05, 4.69) is 4.72 Å². The number of esters is 1. The molecule has 0 aromatic heterocycles. The summed E-state index contributed by atoms with van der Waals surface area (Å²) in [6.45, 7) is 1.38. The first kappa shape index (κ1) is 18.7. The molecule has 5 nitrogen and oxygen atoms in total. The molecule has 0 heterocycles. The molecular weight excluding hydrogens is 373 g/mol. The predicted molar refractivity (Wildman–Crippen MR) is 92.5 cm³/mol. The molecular formula is C16H15Cl2NO4S. The van der Waals surface area contributed by atoms with Crippen LogP contribution < -0.4 is 4.72 Å². The molecule has 0 amide bonds. The Labute approximate surface area is 150 Å². The third-order valence-corrected chi connectivity index (χ3v) is 5.40. The molecule has 0 spiro atoms. The van der Waals surface area contributed by atoms with E-state index < -0.39 is 22.0 Å². The quantitative estimate of drug-likeness (QED) is 0.770. The lowest BCUT2D eigenvalue weighted by atomic mass is 10.2. The first-order valence-electron chi connectivity index (χ1n) is 6.97. The molecule has 8 heteroatoms. The molecule has 2 aromatic rings. The summed E-state index contributed by atoms with van der Waals surface area (Å²) < 4.78 is 31.7. The first-order chi connectivity index (χ1) is 11.3. The van der Waals surface area contributed by atoms with Crippen molar-refractivity contribution < 1.29 is 17.9 Å². The number of hydrogen-bond acceptors (Lipinski definition) is 4. The zero-order valence-electron chi connectivity index (χ0n) is 12.7. The van der Waals surface area contributed by atoms with Gasteiger partial charge in [0.2, 0.25) is 10.0 Å². The Hall–Kier alpha value is -1.60. The average molecular weight is 388 g/mol. The predicted octanol–water partition coefficient (Wildman–Crippen LogP) is 3.40. The van der Waals surface area contributed by atoms with Crippen LogP contribution in [0.1, 0.15) is 12.5 Å². The molecule has 0 fully saturated rings. The fourth-order valence-corrected chi connectivity index (χ4v) is 3.39. The van der Waals surface area contributed by atoms with E-state index in [-0.39, 0.29) is 11.5 Å². The Morgan fingerprint density at radius 3 is 2.42 bits per heavy atom. The van der Waals surface area contributed by atoms with Gasteiger partial charge in [-0.15, -0.1) is 0 Å². The van der Waals surface area contributed by atoms with Crippen molar-refractivity contribution in [2.45, 2.75) is 24.5 Å². The van der Waals surface area contributed by atoms with Gasteiger partial charge in [0.15, 0.2) is 0 Å². The van der Waals surface area contributed by atoms with E-state index in [1.807, 2.05) is 0 Å². The van der Waals surface area contributed by atoms with Crippen LogP contribution >= 0.6 is 23.2 Å². The molecule has 0 unspecified atom stereocenters. The van der Waals surface area contributed by atoms with Gasteiger partial charge in [0.05, 0.1) is 14.9 Å². The van der Waals surface area contributed by atoms with Gasteiger partial charge < -0.3 is 4.74 Å². The minimum absolute atomic E-state index is 0.0346. The van der Waals surface area contributed by atoms with Gasteiger partial charge in [-0.25, -0.2) is 8.42 Å². The van der Waals surface area contributed by atoms with Crippen molar-refractivity contribution in [3.8, 4) is 0 Å². The molecule has 2 rings (SSSR count). The van der Waals surface area contributed by atoms with Gasteiger partial charge in [-0.1, -0.05) is 47.5 Å². The Morgan fingerprint density at radius 2 is 1.79 bits per heavy atom. The minimum Gasteiger partial charge on any atom is -0.460 e. The first-order valence-corrected chi connectivity index (χ1v) is 9.21. The molecule has 0 aliphatic rings. The zero-order chi connectivity index (χ0) is 17.7. The van der Waals surface area contributed by atoms with Crippen molar-refractivity contribution in [2.75, 3.05) is 0 Å². The average Bonchev–Trinajstić information content (AvgIpc) is 2.56. The Bertz CT molecular complexity index is 825. The van der Waals surface area contributed by atoms with Crippen molar-refractivity contribution in [1.29, 1.82) is 0 Å². The normalized spacial score (nSPS) is 12.6. The summed E-state index contributed by atoms with van der Waals surface area (Å²) in [7, 11) is -3.79. The lowest BCUT2D eigenvalue weighted by molar-refractivity contribution is -0.146. The van der Waals surface area contributed by atoms with Crippen LogP contribution in [0.3, 0.4) is 0 Å². The lowest BCUT2D eigenvalue weighted by Crippen LogP contribution is -2.39. The van der Waals surface area contributed by atoms with Crippen molar-refractivity contribution in [2.24, 2.45) is 0 Å². The van der Waals surface area contributed by atoms with E-state index in [9.17, 15) is 13.2 Å². The number of benzene rings is 2. The topological polar surface area (TPSA) is 72.5 Å². The molecule has 0 saturated heterocycles. The Kier molecular flexibility index (Phi) is 6.23. The summed E-state index contributed by atoms with van der Waals surface area (Å²) in [5, 5.41) is 0.749. The Morgan fingerprint density at radius 1 is 1.12 bits per heavy atom. The van der Waals surface area contributed by atoms with Crippen LogP contribution in [0.15, 0.2) is 53.4 Å². The van der Waals surface area contributed by atoms with Crippen molar-refractivity contribution in [1.82, 2.24) is 4.72 Å². The van der Waals surface area contributed by atoms with E-state index in [1.54, 1.807) is 36.4 Å². The van der Waals surface area contributed by atoms with E-state index in [1.165, 1.54) is 19.1 Å². The summed E-state index contributed by atoms with van der Waals surface area (Å²) in [4.78, 5) is 12.0. The van der Waals surface area contributed by atoms with Gasteiger partial charge in [0.25, 0.3) is 0 Å². The smallest absolute Gasteiger partial charge is 0.324 e. The second-order valence-electron chi connectivity index (χ2n) is 5.01. The number of carbonyl (C=O) groups excluding carboxylic acids is 1. The highest BCUT2D eigenvalue weighted by Crippen LogP contribution is 2.23. The fraction of sp³-hybridized carbons (Fsp3) is 0.188. The molecule has 0 aliphatic heterocycles. The van der Waals surface area contributed by atoms with Gasteiger partial charge >= 0.3 is 5.97 Å². The van der Waals surface area contributed by atoms with Gasteiger partial charge in [-0.05, 0) is 36.8 Å². The number of halogens is 2. The van der Waals surface area contributed by atoms with Crippen LogP contribution in [0.4, 0.5) is 0 Å². The molecule has 1 N–H and O–H groups in total.